The molecule has 0 radical (unpaired) electrons. The van der Waals surface area contributed by atoms with Gasteiger partial charge in [0.25, 0.3) is 0 Å². The summed E-state index contributed by atoms with van der Waals surface area (Å²) in [5, 5.41) is 4.44. The Kier molecular flexibility index (Phi) is 5.29. The molecule has 1 saturated heterocycles. The Labute approximate surface area is 196 Å². The molecular formula is C25H23F2N3O3S. The second kappa shape index (κ2) is 7.95. The van der Waals surface area contributed by atoms with Crippen LogP contribution in [0.15, 0.2) is 59.1 Å². The van der Waals surface area contributed by atoms with Crippen LogP contribution >= 0.6 is 0 Å². The average molecular weight is 484 g/mol. The fourth-order valence-corrected chi connectivity index (χ4v) is 6.37. The molecule has 3 aromatic rings. The number of fused-ring (bicyclic) bond motifs is 2. The molecule has 0 saturated carbocycles. The summed E-state index contributed by atoms with van der Waals surface area (Å²) in [6.45, 7) is 3.21. The predicted octanol–water partition coefficient (Wildman–Crippen LogP) is 4.07. The van der Waals surface area contributed by atoms with Crippen molar-refractivity contribution < 1.29 is 22.0 Å². The van der Waals surface area contributed by atoms with E-state index in [4.69, 9.17) is 0 Å². The number of halogens is 2. The topological polar surface area (TPSA) is 72.3 Å². The molecule has 176 valence electrons. The molecule has 2 heterocycles. The van der Waals surface area contributed by atoms with E-state index in [1.54, 1.807) is 29.9 Å². The van der Waals surface area contributed by atoms with E-state index in [1.807, 2.05) is 6.08 Å². The van der Waals surface area contributed by atoms with E-state index in [0.717, 1.165) is 22.9 Å². The Morgan fingerprint density at radius 3 is 2.53 bits per heavy atom. The number of rotatable bonds is 4. The van der Waals surface area contributed by atoms with Gasteiger partial charge < -0.3 is 0 Å². The molecule has 1 fully saturated rings. The predicted molar refractivity (Wildman–Crippen MR) is 123 cm³/mol. The average Bonchev–Trinajstić information content (AvgIpc) is 3.21. The highest BCUT2D eigenvalue weighted by Crippen LogP contribution is 2.46. The van der Waals surface area contributed by atoms with E-state index in [-0.39, 0.29) is 29.6 Å². The van der Waals surface area contributed by atoms with Crippen molar-refractivity contribution in [3.05, 3.63) is 82.7 Å². The standard InChI is InChI=1S/C25H23F2N3O3S/c1-16-3-8-22(12-23(16)27)34(32,33)29-10-9-19-11-24-18(13-25(19,15-29)17(2)31)14-28-30(24)21-6-4-20(26)5-7-21/h3-8,11-12,14H,9-10,13,15H2,1-2H3/t25-/m1/s1. The van der Waals surface area contributed by atoms with E-state index in [0.29, 0.717) is 24.1 Å². The maximum absolute atomic E-state index is 14.1. The van der Waals surface area contributed by atoms with Crippen molar-refractivity contribution in [2.75, 3.05) is 13.1 Å². The van der Waals surface area contributed by atoms with Gasteiger partial charge in [0, 0.05) is 13.1 Å². The van der Waals surface area contributed by atoms with E-state index in [1.165, 1.54) is 35.5 Å². The lowest BCUT2D eigenvalue weighted by Gasteiger charge is -2.44. The summed E-state index contributed by atoms with van der Waals surface area (Å²) in [5.41, 5.74) is 2.49. The van der Waals surface area contributed by atoms with Crippen LogP contribution in [0.5, 0.6) is 0 Å². The van der Waals surface area contributed by atoms with Gasteiger partial charge in [-0.15, -0.1) is 0 Å². The van der Waals surface area contributed by atoms with E-state index in [2.05, 4.69) is 5.10 Å². The molecule has 9 heteroatoms. The Hall–Kier alpha value is -3.17. The lowest BCUT2D eigenvalue weighted by Crippen LogP contribution is -2.52. The summed E-state index contributed by atoms with van der Waals surface area (Å²) >= 11 is 0. The number of hydrogen-bond acceptors (Lipinski definition) is 4. The van der Waals surface area contributed by atoms with Crippen molar-refractivity contribution in [2.45, 2.75) is 31.6 Å². The zero-order valence-electron chi connectivity index (χ0n) is 18.8. The number of aryl methyl sites for hydroxylation is 1. The molecule has 1 atom stereocenters. The van der Waals surface area contributed by atoms with Gasteiger partial charge in [-0.1, -0.05) is 11.6 Å². The van der Waals surface area contributed by atoms with Gasteiger partial charge >= 0.3 is 0 Å². The Bertz CT molecular complexity index is 1440. The van der Waals surface area contributed by atoms with Crippen LogP contribution in [0.1, 0.15) is 30.2 Å². The van der Waals surface area contributed by atoms with Crippen LogP contribution in [-0.2, 0) is 21.2 Å². The molecule has 0 unspecified atom stereocenters. The molecule has 0 bridgehead atoms. The number of nitrogens with zero attached hydrogens (tertiary/aromatic N) is 3. The van der Waals surface area contributed by atoms with Crippen molar-refractivity contribution in [1.29, 1.82) is 0 Å². The summed E-state index contributed by atoms with van der Waals surface area (Å²) in [4.78, 5) is 12.9. The number of sulfonamides is 1. The minimum absolute atomic E-state index is 0.0207. The largest absolute Gasteiger partial charge is 0.299 e. The molecule has 2 aromatic carbocycles. The van der Waals surface area contributed by atoms with Crippen LogP contribution < -0.4 is 0 Å². The maximum atomic E-state index is 14.1. The number of ketones is 1. The van der Waals surface area contributed by atoms with Crippen LogP contribution in [0.25, 0.3) is 11.8 Å². The SMILES string of the molecule is CC(=O)[C@]12Cc3cnn(-c4ccc(F)cc4)c3C=C1CCN(S(=O)(=O)c1ccc(C)c(F)c1)C2. The lowest BCUT2D eigenvalue weighted by atomic mass is 9.66. The molecular weight excluding hydrogens is 460 g/mol. The molecule has 6 nitrogen and oxygen atoms in total. The van der Waals surface area contributed by atoms with Crippen molar-refractivity contribution >= 4 is 21.9 Å². The van der Waals surface area contributed by atoms with Gasteiger partial charge in [0.2, 0.25) is 10.0 Å². The van der Waals surface area contributed by atoms with Gasteiger partial charge in [-0.3, -0.25) is 4.79 Å². The Morgan fingerprint density at radius 2 is 1.85 bits per heavy atom. The zero-order chi connectivity index (χ0) is 24.3. The highest BCUT2D eigenvalue weighted by atomic mass is 32.2. The normalized spacial score (nSPS) is 20.4. The van der Waals surface area contributed by atoms with Crippen molar-refractivity contribution in [3.63, 3.8) is 0 Å². The maximum Gasteiger partial charge on any atom is 0.243 e. The minimum atomic E-state index is -3.99. The first-order valence-corrected chi connectivity index (χ1v) is 12.4. The van der Waals surface area contributed by atoms with Crippen LogP contribution in [0.3, 0.4) is 0 Å². The van der Waals surface area contributed by atoms with E-state index < -0.39 is 21.3 Å². The second-order valence-corrected chi connectivity index (χ2v) is 10.9. The number of Topliss-reactive ketones (excluding diaryl/α,β-unsaturated/α-hetero) is 1. The summed E-state index contributed by atoms with van der Waals surface area (Å²) in [6, 6.07) is 9.84. The smallest absolute Gasteiger partial charge is 0.243 e. The van der Waals surface area contributed by atoms with Crippen LogP contribution in [-0.4, -0.2) is 41.4 Å². The molecule has 1 aliphatic heterocycles. The van der Waals surface area contributed by atoms with Crippen molar-refractivity contribution in [1.82, 2.24) is 14.1 Å². The number of carbonyl (C=O) groups is 1. The zero-order valence-corrected chi connectivity index (χ0v) is 19.6. The van der Waals surface area contributed by atoms with Crippen molar-refractivity contribution in [2.24, 2.45) is 5.41 Å². The molecule has 2 aliphatic rings. The summed E-state index contributed by atoms with van der Waals surface area (Å²) < 4.78 is 57.1. The minimum Gasteiger partial charge on any atom is -0.299 e. The van der Waals surface area contributed by atoms with Crippen molar-refractivity contribution in [3.8, 4) is 5.69 Å². The van der Waals surface area contributed by atoms with Gasteiger partial charge in [0.1, 0.15) is 17.4 Å². The molecule has 0 N–H and O–H groups in total. The summed E-state index contributed by atoms with van der Waals surface area (Å²) in [6.07, 6.45) is 4.24. The fourth-order valence-electron chi connectivity index (χ4n) is 4.86. The van der Waals surface area contributed by atoms with E-state index in [9.17, 15) is 22.0 Å². The molecule has 1 aromatic heterocycles. The first-order valence-electron chi connectivity index (χ1n) is 10.9. The van der Waals surface area contributed by atoms with E-state index >= 15 is 0 Å². The second-order valence-electron chi connectivity index (χ2n) is 8.93. The van der Waals surface area contributed by atoms with Crippen LogP contribution in [0.4, 0.5) is 8.78 Å². The molecule has 0 amide bonds. The van der Waals surface area contributed by atoms with Gasteiger partial charge in [-0.25, -0.2) is 21.9 Å². The summed E-state index contributed by atoms with van der Waals surface area (Å²) in [7, 11) is -3.99. The monoisotopic (exact) mass is 483 g/mol. The Balaban J connectivity index is 1.53. The van der Waals surface area contributed by atoms with Gasteiger partial charge in [0.15, 0.2) is 0 Å². The third-order valence-electron chi connectivity index (χ3n) is 6.91. The fraction of sp³-hybridized carbons (Fsp3) is 0.280. The third-order valence-corrected chi connectivity index (χ3v) is 8.75. The van der Waals surface area contributed by atoms with Crippen LogP contribution in [0.2, 0.25) is 0 Å². The summed E-state index contributed by atoms with van der Waals surface area (Å²) in [5.74, 6) is -1.06. The highest BCUT2D eigenvalue weighted by Gasteiger charge is 2.49. The number of benzene rings is 2. The van der Waals surface area contributed by atoms with Gasteiger partial charge in [-0.05, 0) is 80.3 Å². The first-order chi connectivity index (χ1) is 16.1. The third kappa shape index (κ3) is 3.50. The molecule has 34 heavy (non-hydrogen) atoms. The molecule has 1 aliphatic carbocycles. The quantitative estimate of drug-likeness (QED) is 0.561. The highest BCUT2D eigenvalue weighted by molar-refractivity contribution is 7.89. The molecule has 5 rings (SSSR count). The number of carbonyl (C=O) groups excluding carboxylic acids is 1. The number of hydrogen-bond donors (Lipinski definition) is 0. The van der Waals surface area contributed by atoms with Gasteiger partial charge in [-0.2, -0.15) is 9.40 Å². The lowest BCUT2D eigenvalue weighted by molar-refractivity contribution is -0.125. The number of piperidine rings is 1. The van der Waals surface area contributed by atoms with Gasteiger partial charge in [0.05, 0.1) is 27.9 Å². The Morgan fingerprint density at radius 1 is 1.12 bits per heavy atom. The number of aromatic nitrogens is 2. The van der Waals surface area contributed by atoms with Crippen LogP contribution in [0, 0.1) is 24.0 Å². The first kappa shape index (κ1) is 22.6. The molecule has 0 spiro atoms.